The van der Waals surface area contributed by atoms with Gasteiger partial charge in [0.25, 0.3) is 0 Å². The Kier molecular flexibility index (Phi) is 5.87. The summed E-state index contributed by atoms with van der Waals surface area (Å²) >= 11 is 0. The predicted molar refractivity (Wildman–Crippen MR) is 83.1 cm³/mol. The van der Waals surface area contributed by atoms with Gasteiger partial charge in [0.15, 0.2) is 11.5 Å². The number of hydrogen-bond donors (Lipinski definition) is 2. The van der Waals surface area contributed by atoms with E-state index in [1.54, 1.807) is 25.3 Å². The van der Waals surface area contributed by atoms with Gasteiger partial charge in [-0.25, -0.2) is 4.79 Å². The molecule has 1 heterocycles. The fraction of sp³-hybridized carbons (Fsp3) is 0.357. The predicted octanol–water partition coefficient (Wildman–Crippen LogP) is 2.24. The van der Waals surface area contributed by atoms with Gasteiger partial charge in [0, 0.05) is 18.0 Å². The first-order chi connectivity index (χ1) is 9.51. The number of ether oxygens (including phenoxy) is 2. The minimum atomic E-state index is -0.991. The van der Waals surface area contributed by atoms with Gasteiger partial charge in [-0.2, -0.15) is 0 Å². The summed E-state index contributed by atoms with van der Waals surface area (Å²) in [7, 11) is 5.49. The summed E-state index contributed by atoms with van der Waals surface area (Å²) in [6.07, 6.45) is 0. The number of aromatic amines is 1. The zero-order valence-corrected chi connectivity index (χ0v) is 13.0. The molecule has 0 aliphatic rings. The van der Waals surface area contributed by atoms with E-state index in [0.29, 0.717) is 23.6 Å². The summed E-state index contributed by atoms with van der Waals surface area (Å²) in [5.74, 6) is 0.197. The first kappa shape index (κ1) is 17.1. The van der Waals surface area contributed by atoms with Crippen LogP contribution in [0.5, 0.6) is 11.5 Å². The lowest BCUT2D eigenvalue weighted by Gasteiger charge is -2.13. The van der Waals surface area contributed by atoms with Crippen molar-refractivity contribution in [1.82, 2.24) is 9.88 Å². The van der Waals surface area contributed by atoms with Crippen molar-refractivity contribution in [2.24, 2.45) is 0 Å². The first-order valence-electron chi connectivity index (χ1n) is 6.23. The molecule has 21 heavy (non-hydrogen) atoms. The molecule has 0 fully saturated rings. The molecule has 2 rings (SSSR count). The molecule has 116 valence electrons. The Morgan fingerprint density at radius 2 is 2.00 bits per heavy atom. The van der Waals surface area contributed by atoms with Crippen molar-refractivity contribution in [2.75, 3.05) is 34.4 Å². The maximum atomic E-state index is 11.0. The van der Waals surface area contributed by atoms with Gasteiger partial charge in [-0.15, -0.1) is 12.4 Å². The molecule has 2 aromatic rings. The number of carbonyl (C=O) groups is 1. The summed E-state index contributed by atoms with van der Waals surface area (Å²) in [5.41, 5.74) is 0.853. The standard InChI is InChI=1S/C14H18N2O4.ClH/c1-16(2)4-5-20-13-7-9-6-11(14(17)18)15-10(9)8-12(13)19-3;/h6-8,15H,4-5H2,1-3H3,(H,17,18);1H. The van der Waals surface area contributed by atoms with Gasteiger partial charge < -0.3 is 24.5 Å². The van der Waals surface area contributed by atoms with Gasteiger partial charge in [0.05, 0.1) is 12.6 Å². The van der Waals surface area contributed by atoms with E-state index in [0.717, 1.165) is 11.9 Å². The van der Waals surface area contributed by atoms with Gasteiger partial charge in [-0.1, -0.05) is 0 Å². The SMILES string of the molecule is COc1cc2[nH]c(C(=O)O)cc2cc1OCCN(C)C.Cl. The maximum Gasteiger partial charge on any atom is 0.352 e. The number of aromatic carboxylic acids is 1. The quantitative estimate of drug-likeness (QED) is 0.855. The minimum absolute atomic E-state index is 0. The number of rotatable bonds is 6. The fourth-order valence-electron chi connectivity index (χ4n) is 1.87. The summed E-state index contributed by atoms with van der Waals surface area (Å²) in [4.78, 5) is 15.8. The van der Waals surface area contributed by atoms with Crippen LogP contribution in [0.25, 0.3) is 10.9 Å². The van der Waals surface area contributed by atoms with Crippen LogP contribution in [0.2, 0.25) is 0 Å². The molecule has 0 bridgehead atoms. The molecular formula is C14H19ClN2O4. The Bertz CT molecular complexity index is 625. The zero-order valence-electron chi connectivity index (χ0n) is 12.2. The van der Waals surface area contributed by atoms with Crippen LogP contribution >= 0.6 is 12.4 Å². The molecule has 7 heteroatoms. The molecule has 0 amide bonds. The van der Waals surface area contributed by atoms with E-state index in [1.807, 2.05) is 19.0 Å². The average molecular weight is 315 g/mol. The van der Waals surface area contributed by atoms with E-state index >= 15 is 0 Å². The lowest BCUT2D eigenvalue weighted by atomic mass is 10.2. The molecular weight excluding hydrogens is 296 g/mol. The lowest BCUT2D eigenvalue weighted by Crippen LogP contribution is -2.19. The third-order valence-corrected chi connectivity index (χ3v) is 2.93. The van der Waals surface area contributed by atoms with Crippen molar-refractivity contribution < 1.29 is 19.4 Å². The number of carboxylic acid groups (broad SMARTS) is 1. The first-order valence-corrected chi connectivity index (χ1v) is 6.23. The molecule has 1 aromatic heterocycles. The number of halogens is 1. The van der Waals surface area contributed by atoms with Crippen molar-refractivity contribution in [3.8, 4) is 11.5 Å². The summed E-state index contributed by atoms with van der Waals surface area (Å²) in [6, 6.07) is 5.11. The van der Waals surface area contributed by atoms with E-state index in [9.17, 15) is 4.79 Å². The van der Waals surface area contributed by atoms with Crippen LogP contribution in [-0.2, 0) is 0 Å². The monoisotopic (exact) mass is 314 g/mol. The number of nitrogens with zero attached hydrogens (tertiary/aromatic N) is 1. The van der Waals surface area contributed by atoms with Crippen molar-refractivity contribution in [1.29, 1.82) is 0 Å². The smallest absolute Gasteiger partial charge is 0.352 e. The second-order valence-electron chi connectivity index (χ2n) is 4.73. The largest absolute Gasteiger partial charge is 0.493 e. The molecule has 0 radical (unpaired) electrons. The summed E-state index contributed by atoms with van der Waals surface area (Å²) in [6.45, 7) is 1.32. The van der Waals surface area contributed by atoms with Crippen molar-refractivity contribution in [3.05, 3.63) is 23.9 Å². The highest BCUT2D eigenvalue weighted by Gasteiger charge is 2.12. The van der Waals surface area contributed by atoms with Gasteiger partial charge in [-0.3, -0.25) is 0 Å². The number of aromatic nitrogens is 1. The number of likely N-dealkylation sites (N-methyl/N-ethyl adjacent to an activating group) is 1. The van der Waals surface area contributed by atoms with Crippen LogP contribution in [0.1, 0.15) is 10.5 Å². The lowest BCUT2D eigenvalue weighted by molar-refractivity contribution is 0.0691. The Hall–Kier alpha value is -1.92. The average Bonchev–Trinajstić information content (AvgIpc) is 2.80. The Labute approximate surface area is 129 Å². The van der Waals surface area contributed by atoms with Crippen molar-refractivity contribution >= 4 is 29.3 Å². The highest BCUT2D eigenvalue weighted by atomic mass is 35.5. The molecule has 0 aliphatic carbocycles. The molecule has 6 nitrogen and oxygen atoms in total. The summed E-state index contributed by atoms with van der Waals surface area (Å²) in [5, 5.41) is 9.77. The zero-order chi connectivity index (χ0) is 14.7. The van der Waals surface area contributed by atoms with Gasteiger partial charge in [0.2, 0.25) is 0 Å². The highest BCUT2D eigenvalue weighted by molar-refractivity contribution is 5.94. The van der Waals surface area contributed by atoms with Gasteiger partial charge >= 0.3 is 5.97 Å². The number of hydrogen-bond acceptors (Lipinski definition) is 4. The van der Waals surface area contributed by atoms with E-state index < -0.39 is 5.97 Å². The van der Waals surface area contributed by atoms with Gasteiger partial charge in [0.1, 0.15) is 12.3 Å². The van der Waals surface area contributed by atoms with Crippen LogP contribution in [-0.4, -0.2) is 55.3 Å². The van der Waals surface area contributed by atoms with Crippen molar-refractivity contribution in [2.45, 2.75) is 0 Å². The number of fused-ring (bicyclic) bond motifs is 1. The fourth-order valence-corrected chi connectivity index (χ4v) is 1.87. The number of nitrogens with one attached hydrogen (secondary N) is 1. The van der Waals surface area contributed by atoms with Crippen LogP contribution < -0.4 is 9.47 Å². The Morgan fingerprint density at radius 1 is 1.29 bits per heavy atom. The molecule has 0 atom stereocenters. The second-order valence-corrected chi connectivity index (χ2v) is 4.73. The highest BCUT2D eigenvalue weighted by Crippen LogP contribution is 2.32. The second kappa shape index (κ2) is 7.19. The van der Waals surface area contributed by atoms with Crippen LogP contribution in [0.4, 0.5) is 0 Å². The van der Waals surface area contributed by atoms with Crippen molar-refractivity contribution in [3.63, 3.8) is 0 Å². The molecule has 0 saturated carbocycles. The third-order valence-electron chi connectivity index (χ3n) is 2.93. The van der Waals surface area contributed by atoms with Crippen LogP contribution in [0.3, 0.4) is 0 Å². The number of carboxylic acids is 1. The Balaban J connectivity index is 0.00000220. The minimum Gasteiger partial charge on any atom is -0.493 e. The normalized spacial score (nSPS) is 10.5. The Morgan fingerprint density at radius 3 is 2.57 bits per heavy atom. The number of H-pyrrole nitrogens is 1. The molecule has 0 aliphatic heterocycles. The van der Waals surface area contributed by atoms with E-state index in [4.69, 9.17) is 14.6 Å². The van der Waals surface area contributed by atoms with E-state index in [2.05, 4.69) is 4.98 Å². The van der Waals surface area contributed by atoms with Crippen LogP contribution in [0.15, 0.2) is 18.2 Å². The summed E-state index contributed by atoms with van der Waals surface area (Å²) < 4.78 is 11.0. The number of methoxy groups -OCH3 is 1. The molecule has 0 unspecified atom stereocenters. The molecule has 0 saturated heterocycles. The topological polar surface area (TPSA) is 74.8 Å². The molecule has 0 spiro atoms. The van der Waals surface area contributed by atoms with Crippen LogP contribution in [0, 0.1) is 0 Å². The van der Waals surface area contributed by atoms with E-state index in [1.165, 1.54) is 0 Å². The van der Waals surface area contributed by atoms with Gasteiger partial charge in [-0.05, 0) is 26.2 Å². The number of benzene rings is 1. The molecule has 2 N–H and O–H groups in total. The maximum absolute atomic E-state index is 11.0. The third kappa shape index (κ3) is 4.03. The molecule has 1 aromatic carbocycles. The van der Waals surface area contributed by atoms with E-state index in [-0.39, 0.29) is 18.1 Å².